The SMILES string of the molecule is CCC/C=C\C/C=C\CCCCCCCC(=O)OCC(COC(=O)CCCCCCCCCCCCCCCCCCC/C=C\C/C=C\CCCCCCC)OC(=O)CCCCCCC/C=C\C/C=C\CCCCC. The molecule has 0 aliphatic carbocycles. The first-order valence-electron chi connectivity index (χ1n) is 32.4. The molecule has 0 rings (SSSR count). The van der Waals surface area contributed by atoms with Gasteiger partial charge in [0, 0.05) is 19.3 Å². The van der Waals surface area contributed by atoms with Crippen molar-refractivity contribution < 1.29 is 28.6 Å². The van der Waals surface area contributed by atoms with Gasteiger partial charge >= 0.3 is 17.9 Å². The van der Waals surface area contributed by atoms with Crippen molar-refractivity contribution in [3.63, 3.8) is 0 Å². The van der Waals surface area contributed by atoms with E-state index in [-0.39, 0.29) is 31.1 Å². The van der Waals surface area contributed by atoms with Gasteiger partial charge in [-0.05, 0) is 109 Å². The van der Waals surface area contributed by atoms with Crippen molar-refractivity contribution in [3.05, 3.63) is 72.9 Å². The third kappa shape index (κ3) is 61.6. The van der Waals surface area contributed by atoms with Crippen molar-refractivity contribution in [2.45, 2.75) is 335 Å². The Morgan fingerprint density at radius 2 is 0.507 bits per heavy atom. The number of allylic oxidation sites excluding steroid dienone is 12. The van der Waals surface area contributed by atoms with Gasteiger partial charge in [0.2, 0.25) is 0 Å². The molecule has 0 saturated carbocycles. The maximum Gasteiger partial charge on any atom is 0.306 e. The molecule has 0 N–H and O–H groups in total. The van der Waals surface area contributed by atoms with Crippen molar-refractivity contribution in [3.8, 4) is 0 Å². The van der Waals surface area contributed by atoms with E-state index in [1.54, 1.807) is 0 Å². The molecule has 75 heavy (non-hydrogen) atoms. The zero-order valence-corrected chi connectivity index (χ0v) is 49.8. The zero-order chi connectivity index (χ0) is 54.3. The minimum atomic E-state index is -0.788. The van der Waals surface area contributed by atoms with Crippen LogP contribution in [0.4, 0.5) is 0 Å². The normalized spacial score (nSPS) is 12.5. The fourth-order valence-corrected chi connectivity index (χ4v) is 9.25. The zero-order valence-electron chi connectivity index (χ0n) is 49.8. The molecule has 0 bridgehead atoms. The highest BCUT2D eigenvalue weighted by Crippen LogP contribution is 2.17. The minimum absolute atomic E-state index is 0.0835. The van der Waals surface area contributed by atoms with Crippen LogP contribution in [-0.4, -0.2) is 37.2 Å². The Hall–Kier alpha value is -3.15. The van der Waals surface area contributed by atoms with Crippen LogP contribution in [0.15, 0.2) is 72.9 Å². The standard InChI is InChI=1S/C69H122O6/c1-4-7-10-13-16-19-22-25-27-28-29-30-31-32-33-34-35-36-37-38-39-40-42-44-47-50-53-56-59-62-68(71)74-65-66(64-73-67(70)61-58-55-52-49-46-43-24-21-18-15-12-9-6-3)75-69(72)63-60-57-54-51-48-45-41-26-23-20-17-14-11-8-5-2/h12,15,17,20-22,24-26,28-29,41,66H,4-11,13-14,16,18-19,23,27,30-40,42-65H2,1-3H3/b15-12-,20-17-,24-21-,25-22-,29-28-,41-26-. The molecule has 1 unspecified atom stereocenters. The molecule has 0 aromatic rings. The number of esters is 3. The van der Waals surface area contributed by atoms with E-state index in [9.17, 15) is 14.4 Å². The van der Waals surface area contributed by atoms with E-state index < -0.39 is 6.10 Å². The maximum atomic E-state index is 12.9. The lowest BCUT2D eigenvalue weighted by atomic mass is 10.0. The highest BCUT2D eigenvalue weighted by molar-refractivity contribution is 5.71. The van der Waals surface area contributed by atoms with Gasteiger partial charge in [-0.1, -0.05) is 273 Å². The highest BCUT2D eigenvalue weighted by atomic mass is 16.6. The fourth-order valence-electron chi connectivity index (χ4n) is 9.25. The second-order valence-electron chi connectivity index (χ2n) is 21.7. The molecule has 0 heterocycles. The minimum Gasteiger partial charge on any atom is -0.462 e. The van der Waals surface area contributed by atoms with E-state index in [4.69, 9.17) is 14.2 Å². The van der Waals surface area contributed by atoms with Crippen LogP contribution in [0.3, 0.4) is 0 Å². The van der Waals surface area contributed by atoms with Gasteiger partial charge in [-0.15, -0.1) is 0 Å². The highest BCUT2D eigenvalue weighted by Gasteiger charge is 2.19. The number of hydrogen-bond acceptors (Lipinski definition) is 6. The summed E-state index contributed by atoms with van der Waals surface area (Å²) in [6.45, 7) is 6.55. The summed E-state index contributed by atoms with van der Waals surface area (Å²) in [6, 6.07) is 0. The van der Waals surface area contributed by atoms with E-state index in [1.165, 1.54) is 173 Å². The number of unbranched alkanes of at least 4 members (excludes halogenated alkanes) is 36. The predicted octanol–water partition coefficient (Wildman–Crippen LogP) is 22.1. The number of rotatable bonds is 59. The van der Waals surface area contributed by atoms with E-state index >= 15 is 0 Å². The van der Waals surface area contributed by atoms with Gasteiger partial charge in [0.15, 0.2) is 6.10 Å². The van der Waals surface area contributed by atoms with E-state index in [2.05, 4.69) is 93.7 Å². The van der Waals surface area contributed by atoms with Crippen molar-refractivity contribution in [2.75, 3.05) is 13.2 Å². The number of ether oxygens (including phenoxy) is 3. The molecule has 0 aromatic heterocycles. The second-order valence-corrected chi connectivity index (χ2v) is 21.7. The number of hydrogen-bond donors (Lipinski definition) is 0. The Bertz CT molecular complexity index is 1390. The Balaban J connectivity index is 4.20. The average Bonchev–Trinajstić information content (AvgIpc) is 3.41. The van der Waals surface area contributed by atoms with Crippen LogP contribution in [0.25, 0.3) is 0 Å². The third-order valence-electron chi connectivity index (χ3n) is 14.1. The predicted molar refractivity (Wildman–Crippen MR) is 325 cm³/mol. The Labute approximate surface area is 465 Å². The molecule has 0 aliphatic rings. The van der Waals surface area contributed by atoms with Crippen molar-refractivity contribution >= 4 is 17.9 Å². The topological polar surface area (TPSA) is 78.9 Å². The van der Waals surface area contributed by atoms with Crippen LogP contribution >= 0.6 is 0 Å². The Morgan fingerprint density at radius 1 is 0.267 bits per heavy atom. The Kier molecular flexibility index (Phi) is 60.7. The van der Waals surface area contributed by atoms with Crippen LogP contribution in [0, 0.1) is 0 Å². The van der Waals surface area contributed by atoms with Crippen LogP contribution in [0.2, 0.25) is 0 Å². The maximum absolute atomic E-state index is 12.9. The Morgan fingerprint density at radius 3 is 0.813 bits per heavy atom. The van der Waals surface area contributed by atoms with Crippen LogP contribution < -0.4 is 0 Å². The first-order chi connectivity index (χ1) is 37.0. The molecule has 6 nitrogen and oxygen atoms in total. The van der Waals surface area contributed by atoms with Crippen molar-refractivity contribution in [1.29, 1.82) is 0 Å². The quantitative estimate of drug-likeness (QED) is 0.0261. The van der Waals surface area contributed by atoms with Crippen molar-refractivity contribution in [2.24, 2.45) is 0 Å². The summed E-state index contributed by atoms with van der Waals surface area (Å²) in [6.07, 6.45) is 82.1. The summed E-state index contributed by atoms with van der Waals surface area (Å²) in [5.74, 6) is -0.899. The van der Waals surface area contributed by atoms with Gasteiger partial charge < -0.3 is 14.2 Å². The first kappa shape index (κ1) is 71.8. The molecule has 0 spiro atoms. The average molecular weight is 1050 g/mol. The molecule has 0 aromatic carbocycles. The number of carbonyl (C=O) groups excluding carboxylic acids is 3. The lowest BCUT2D eigenvalue weighted by Crippen LogP contribution is -2.30. The lowest BCUT2D eigenvalue weighted by Gasteiger charge is -2.18. The van der Waals surface area contributed by atoms with E-state index in [0.29, 0.717) is 19.3 Å². The van der Waals surface area contributed by atoms with Crippen molar-refractivity contribution in [1.82, 2.24) is 0 Å². The van der Waals surface area contributed by atoms with Crippen LogP contribution in [0.1, 0.15) is 329 Å². The molecule has 1 atom stereocenters. The summed E-state index contributed by atoms with van der Waals surface area (Å²) in [4.78, 5) is 38.2. The van der Waals surface area contributed by atoms with Gasteiger partial charge in [0.1, 0.15) is 13.2 Å². The summed E-state index contributed by atoms with van der Waals surface area (Å²) in [5.41, 5.74) is 0. The molecule has 434 valence electrons. The summed E-state index contributed by atoms with van der Waals surface area (Å²) >= 11 is 0. The molecule has 0 aliphatic heterocycles. The lowest BCUT2D eigenvalue weighted by molar-refractivity contribution is -0.167. The summed E-state index contributed by atoms with van der Waals surface area (Å²) < 4.78 is 16.9. The third-order valence-corrected chi connectivity index (χ3v) is 14.1. The van der Waals surface area contributed by atoms with Gasteiger partial charge in [0.25, 0.3) is 0 Å². The molecule has 0 saturated heterocycles. The van der Waals surface area contributed by atoms with Gasteiger partial charge in [-0.2, -0.15) is 0 Å². The molecule has 6 heteroatoms. The monoisotopic (exact) mass is 1050 g/mol. The molecular formula is C69H122O6. The van der Waals surface area contributed by atoms with Crippen LogP contribution in [0.5, 0.6) is 0 Å². The first-order valence-corrected chi connectivity index (χ1v) is 32.4. The van der Waals surface area contributed by atoms with Gasteiger partial charge in [-0.3, -0.25) is 14.4 Å². The fraction of sp³-hybridized carbons (Fsp3) is 0.783. The molecule has 0 radical (unpaired) electrons. The molecular weight excluding hydrogens is 925 g/mol. The number of carbonyl (C=O) groups is 3. The smallest absolute Gasteiger partial charge is 0.306 e. The van der Waals surface area contributed by atoms with E-state index in [0.717, 1.165) is 116 Å². The van der Waals surface area contributed by atoms with E-state index in [1.807, 2.05) is 0 Å². The summed E-state index contributed by atoms with van der Waals surface area (Å²) in [7, 11) is 0. The summed E-state index contributed by atoms with van der Waals surface area (Å²) in [5, 5.41) is 0. The molecule has 0 amide bonds. The van der Waals surface area contributed by atoms with Crippen LogP contribution in [-0.2, 0) is 28.6 Å². The van der Waals surface area contributed by atoms with Gasteiger partial charge in [-0.25, -0.2) is 0 Å². The second kappa shape index (κ2) is 63.4. The molecule has 0 fully saturated rings. The van der Waals surface area contributed by atoms with Gasteiger partial charge in [0.05, 0.1) is 0 Å². The largest absolute Gasteiger partial charge is 0.462 e.